The minimum atomic E-state index is 0.0459. The lowest BCUT2D eigenvalue weighted by molar-refractivity contribution is 0.364. The van der Waals surface area contributed by atoms with Gasteiger partial charge in [0.1, 0.15) is 0 Å². The van der Waals surface area contributed by atoms with Gasteiger partial charge in [-0.05, 0) is 119 Å². The fraction of sp³-hybridized carbons (Fsp3) is 0.415. The summed E-state index contributed by atoms with van der Waals surface area (Å²) in [7, 11) is 0. The van der Waals surface area contributed by atoms with E-state index in [1.54, 1.807) is 0 Å². The van der Waals surface area contributed by atoms with Crippen molar-refractivity contribution in [2.45, 2.75) is 98.3 Å². The molecule has 0 radical (unpaired) electrons. The molecular weight excluding hydrogens is 506 g/mol. The SMILES string of the molecule is CCc1ccc(N(c2ccc(C(C)(C)C)cc2)c2ccc3c(c2)C(CCC(C)C)(CCC(C)C)c2ccccc2-3)cc1. The average molecular weight is 558 g/mol. The predicted molar refractivity (Wildman–Crippen MR) is 184 cm³/mol. The van der Waals surface area contributed by atoms with E-state index in [0.717, 1.165) is 6.42 Å². The normalized spacial score (nSPS) is 13.9. The molecule has 0 amide bonds. The van der Waals surface area contributed by atoms with Crippen LogP contribution in [0.5, 0.6) is 0 Å². The Morgan fingerprint density at radius 1 is 0.619 bits per heavy atom. The summed E-state index contributed by atoms with van der Waals surface area (Å²) >= 11 is 0. The number of hydrogen-bond donors (Lipinski definition) is 0. The van der Waals surface area contributed by atoms with E-state index in [4.69, 9.17) is 0 Å². The molecule has 0 unspecified atom stereocenters. The molecule has 0 spiro atoms. The third-order valence-corrected chi connectivity index (χ3v) is 9.40. The quantitative estimate of drug-likeness (QED) is 0.187. The first kappa shape index (κ1) is 30.1. The summed E-state index contributed by atoms with van der Waals surface area (Å²) in [5.41, 5.74) is 12.5. The first-order chi connectivity index (χ1) is 20.0. The Morgan fingerprint density at radius 3 is 1.69 bits per heavy atom. The van der Waals surface area contributed by atoms with Crippen LogP contribution < -0.4 is 4.90 Å². The molecule has 0 N–H and O–H groups in total. The zero-order valence-electron chi connectivity index (χ0n) is 27.3. The van der Waals surface area contributed by atoms with Crippen LogP contribution in [0.2, 0.25) is 0 Å². The largest absolute Gasteiger partial charge is 0.310 e. The summed E-state index contributed by atoms with van der Waals surface area (Å²) in [4.78, 5) is 2.46. The zero-order chi connectivity index (χ0) is 30.1. The molecule has 0 heterocycles. The highest BCUT2D eigenvalue weighted by Gasteiger charge is 2.42. The van der Waals surface area contributed by atoms with E-state index in [9.17, 15) is 0 Å². The van der Waals surface area contributed by atoms with Crippen LogP contribution in [0.15, 0.2) is 91.0 Å². The van der Waals surface area contributed by atoms with Crippen LogP contribution in [0.4, 0.5) is 17.1 Å². The molecule has 0 aliphatic heterocycles. The fourth-order valence-electron chi connectivity index (χ4n) is 6.75. The lowest BCUT2D eigenvalue weighted by Gasteiger charge is -2.35. The number of hydrogen-bond acceptors (Lipinski definition) is 1. The highest BCUT2D eigenvalue weighted by molar-refractivity contribution is 5.85. The van der Waals surface area contributed by atoms with Gasteiger partial charge in [0.15, 0.2) is 0 Å². The summed E-state index contributed by atoms with van der Waals surface area (Å²) in [6, 6.07) is 34.9. The molecule has 220 valence electrons. The topological polar surface area (TPSA) is 3.24 Å². The van der Waals surface area contributed by atoms with E-state index in [0.29, 0.717) is 11.8 Å². The molecule has 0 saturated carbocycles. The molecule has 4 aromatic rings. The van der Waals surface area contributed by atoms with E-state index in [2.05, 4.69) is 151 Å². The van der Waals surface area contributed by atoms with Crippen LogP contribution in [0.25, 0.3) is 11.1 Å². The van der Waals surface area contributed by atoms with Crippen LogP contribution in [0, 0.1) is 11.8 Å². The van der Waals surface area contributed by atoms with Crippen molar-refractivity contribution in [1.29, 1.82) is 0 Å². The molecule has 1 nitrogen and oxygen atoms in total. The van der Waals surface area contributed by atoms with Gasteiger partial charge in [0.05, 0.1) is 0 Å². The van der Waals surface area contributed by atoms with Crippen molar-refractivity contribution in [3.8, 4) is 11.1 Å². The highest BCUT2D eigenvalue weighted by Crippen LogP contribution is 2.55. The van der Waals surface area contributed by atoms with Crippen LogP contribution in [0.3, 0.4) is 0 Å². The Balaban J connectivity index is 1.69. The van der Waals surface area contributed by atoms with Gasteiger partial charge >= 0.3 is 0 Å². The van der Waals surface area contributed by atoms with Crippen molar-refractivity contribution in [3.05, 3.63) is 113 Å². The van der Waals surface area contributed by atoms with Crippen LogP contribution in [-0.4, -0.2) is 0 Å². The maximum atomic E-state index is 2.54. The molecule has 0 atom stereocenters. The first-order valence-corrected chi connectivity index (χ1v) is 16.3. The maximum Gasteiger partial charge on any atom is 0.0465 e. The second kappa shape index (κ2) is 12.1. The molecule has 0 saturated heterocycles. The van der Waals surface area contributed by atoms with Crippen molar-refractivity contribution in [2.24, 2.45) is 11.8 Å². The zero-order valence-corrected chi connectivity index (χ0v) is 27.3. The monoisotopic (exact) mass is 557 g/mol. The smallest absolute Gasteiger partial charge is 0.0465 e. The fourth-order valence-corrected chi connectivity index (χ4v) is 6.75. The van der Waals surface area contributed by atoms with Gasteiger partial charge in [0.2, 0.25) is 0 Å². The maximum absolute atomic E-state index is 2.54. The van der Waals surface area contributed by atoms with Gasteiger partial charge < -0.3 is 4.90 Å². The van der Waals surface area contributed by atoms with Crippen molar-refractivity contribution in [3.63, 3.8) is 0 Å². The van der Waals surface area contributed by atoms with E-state index < -0.39 is 0 Å². The van der Waals surface area contributed by atoms with Crippen molar-refractivity contribution >= 4 is 17.1 Å². The molecule has 0 bridgehead atoms. The number of rotatable bonds is 10. The Bertz CT molecular complexity index is 1470. The third kappa shape index (κ3) is 5.94. The minimum Gasteiger partial charge on any atom is -0.310 e. The second-order valence-electron chi connectivity index (χ2n) is 14.4. The molecule has 0 fully saturated rings. The first-order valence-electron chi connectivity index (χ1n) is 16.3. The Kier molecular flexibility index (Phi) is 8.70. The van der Waals surface area contributed by atoms with Gasteiger partial charge in [-0.2, -0.15) is 0 Å². The molecule has 0 aromatic heterocycles. The van der Waals surface area contributed by atoms with Gasteiger partial charge in [-0.3, -0.25) is 0 Å². The summed E-state index contributed by atoms with van der Waals surface area (Å²) < 4.78 is 0. The van der Waals surface area contributed by atoms with E-state index >= 15 is 0 Å². The molecule has 4 aromatic carbocycles. The van der Waals surface area contributed by atoms with Gasteiger partial charge in [0, 0.05) is 22.5 Å². The number of benzene rings is 4. The number of nitrogens with zero attached hydrogens (tertiary/aromatic N) is 1. The molecule has 42 heavy (non-hydrogen) atoms. The second-order valence-corrected chi connectivity index (χ2v) is 14.4. The lowest BCUT2D eigenvalue weighted by Crippen LogP contribution is -2.27. The van der Waals surface area contributed by atoms with Crippen LogP contribution in [-0.2, 0) is 17.3 Å². The van der Waals surface area contributed by atoms with Crippen molar-refractivity contribution in [1.82, 2.24) is 0 Å². The van der Waals surface area contributed by atoms with Gasteiger partial charge in [-0.25, -0.2) is 0 Å². The Morgan fingerprint density at radius 2 is 1.14 bits per heavy atom. The minimum absolute atomic E-state index is 0.0459. The number of fused-ring (bicyclic) bond motifs is 3. The van der Waals surface area contributed by atoms with E-state index in [-0.39, 0.29) is 10.8 Å². The molecular formula is C41H51N. The summed E-state index contributed by atoms with van der Waals surface area (Å²) in [5, 5.41) is 0. The average Bonchev–Trinajstić information content (AvgIpc) is 3.25. The van der Waals surface area contributed by atoms with E-state index in [1.165, 1.54) is 76.1 Å². The molecule has 1 aliphatic rings. The van der Waals surface area contributed by atoms with Crippen molar-refractivity contribution < 1.29 is 0 Å². The summed E-state index contributed by atoms with van der Waals surface area (Å²) in [6.45, 7) is 18.6. The molecule has 1 aliphatic carbocycles. The standard InChI is InChI=1S/C41H51N/c1-9-31-14-18-33(19-15-31)42(34-20-16-32(17-21-34)40(6,7)8)35-22-23-37-36-12-10-11-13-38(36)41(39(37)28-35,26-24-29(2)3)27-25-30(4)5/h10-23,28-30H,9,24-27H2,1-8H3. The number of anilines is 3. The van der Waals surface area contributed by atoms with Gasteiger partial charge in [-0.1, -0.05) is 110 Å². The Hall–Kier alpha value is -3.32. The van der Waals surface area contributed by atoms with Crippen LogP contribution >= 0.6 is 0 Å². The lowest BCUT2D eigenvalue weighted by atomic mass is 9.69. The number of aryl methyl sites for hydroxylation is 1. The summed E-state index contributed by atoms with van der Waals surface area (Å²) in [6.07, 6.45) is 5.89. The van der Waals surface area contributed by atoms with Crippen molar-refractivity contribution in [2.75, 3.05) is 4.90 Å². The highest BCUT2D eigenvalue weighted by atomic mass is 15.1. The molecule has 5 rings (SSSR count). The van der Waals surface area contributed by atoms with Crippen LogP contribution in [0.1, 0.15) is 103 Å². The van der Waals surface area contributed by atoms with Gasteiger partial charge in [-0.15, -0.1) is 0 Å². The Labute approximate surface area is 256 Å². The predicted octanol–water partition coefficient (Wildman–Crippen LogP) is 12.2. The van der Waals surface area contributed by atoms with E-state index in [1.807, 2.05) is 0 Å². The third-order valence-electron chi connectivity index (χ3n) is 9.40. The van der Waals surface area contributed by atoms with Gasteiger partial charge in [0.25, 0.3) is 0 Å². The molecule has 1 heteroatoms. The summed E-state index contributed by atoms with van der Waals surface area (Å²) in [5.74, 6) is 1.35.